The van der Waals surface area contributed by atoms with E-state index in [1.165, 1.54) is 6.42 Å². The van der Waals surface area contributed by atoms with Crippen molar-refractivity contribution in [3.8, 4) is 0 Å². The Hall–Kier alpha value is 0.270. The number of hydrogen-bond donors (Lipinski definition) is 2. The van der Waals surface area contributed by atoms with Gasteiger partial charge in [-0.25, -0.2) is 5.90 Å². The largest absolute Gasteiger partial charge is 0.305 e. The molecule has 0 bridgehead atoms. The fourth-order valence-electron chi connectivity index (χ4n) is 0.474. The third-order valence-corrected chi connectivity index (χ3v) is 1.24. The van der Waals surface area contributed by atoms with Crippen molar-refractivity contribution in [1.82, 2.24) is 0 Å². The second kappa shape index (κ2) is 7.27. The zero-order valence-corrected chi connectivity index (χ0v) is 5.86. The van der Waals surface area contributed by atoms with Gasteiger partial charge in [-0.15, -0.1) is 0 Å². The molecule has 0 atom stereocenters. The van der Waals surface area contributed by atoms with Crippen LogP contribution in [0.4, 0.5) is 0 Å². The van der Waals surface area contributed by atoms with Crippen molar-refractivity contribution in [1.29, 1.82) is 0 Å². The number of hydrogen-bond acceptors (Lipinski definition) is 3. The first-order chi connectivity index (χ1) is 3.91. The van der Waals surface area contributed by atoms with E-state index >= 15 is 0 Å². The molecule has 0 fully saturated rings. The lowest BCUT2D eigenvalue weighted by molar-refractivity contribution is 0.134. The van der Waals surface area contributed by atoms with Crippen molar-refractivity contribution < 1.29 is 4.84 Å². The van der Waals surface area contributed by atoms with Crippen LogP contribution in [-0.2, 0) is 4.84 Å². The fraction of sp³-hybridized carbons (Fsp3) is 1.00. The van der Waals surface area contributed by atoms with Crippen LogP contribution in [-0.4, -0.2) is 12.4 Å². The summed E-state index contributed by atoms with van der Waals surface area (Å²) in [5.74, 6) is 5.75. The van der Waals surface area contributed by atoms with Gasteiger partial charge in [-0.1, -0.05) is 6.42 Å². The Morgan fingerprint density at radius 3 is 2.50 bits per heavy atom. The Kier molecular flexibility index (Phi) is 7.52. The zero-order chi connectivity index (χ0) is 6.24. The average molecular weight is 135 g/mol. The molecular weight excluding hydrogens is 122 g/mol. The summed E-state index contributed by atoms with van der Waals surface area (Å²) in [4.78, 5) is 4.36. The lowest BCUT2D eigenvalue weighted by Gasteiger charge is -1.94. The summed E-state index contributed by atoms with van der Waals surface area (Å²) in [6.07, 6.45) is 3.38. The minimum Gasteiger partial charge on any atom is -0.305 e. The minimum absolute atomic E-state index is 0.674. The quantitative estimate of drug-likeness (QED) is 0.335. The summed E-state index contributed by atoms with van der Waals surface area (Å²) in [5, 5.41) is 0. The van der Waals surface area contributed by atoms with Gasteiger partial charge in [0.2, 0.25) is 0 Å². The van der Waals surface area contributed by atoms with E-state index < -0.39 is 0 Å². The van der Waals surface area contributed by atoms with E-state index in [0.717, 1.165) is 18.6 Å². The summed E-state index contributed by atoms with van der Waals surface area (Å²) in [6, 6.07) is 0. The Labute approximate surface area is 55.8 Å². The van der Waals surface area contributed by atoms with E-state index in [1.54, 1.807) is 0 Å². The molecule has 0 heterocycles. The lowest BCUT2D eigenvalue weighted by atomic mass is 10.3. The molecule has 0 aromatic carbocycles. The maximum absolute atomic E-state index is 4.79. The maximum atomic E-state index is 4.79. The van der Waals surface area contributed by atoms with Crippen molar-refractivity contribution in [2.24, 2.45) is 5.90 Å². The van der Waals surface area contributed by atoms with E-state index in [2.05, 4.69) is 17.5 Å². The van der Waals surface area contributed by atoms with Crippen LogP contribution in [0.5, 0.6) is 0 Å². The predicted octanol–water partition coefficient (Wildman–Crippen LogP) is 0.977. The topological polar surface area (TPSA) is 35.2 Å². The number of unbranched alkanes of at least 4 members (excludes halogenated alkanes) is 2. The van der Waals surface area contributed by atoms with E-state index in [1.807, 2.05) is 0 Å². The SMILES string of the molecule is NOCCCCCS. The second-order valence-electron chi connectivity index (χ2n) is 1.66. The third kappa shape index (κ3) is 6.27. The Morgan fingerprint density at radius 1 is 1.25 bits per heavy atom. The molecule has 0 aromatic rings. The first-order valence-electron chi connectivity index (χ1n) is 2.84. The third-order valence-electron chi connectivity index (χ3n) is 0.920. The van der Waals surface area contributed by atoms with Gasteiger partial charge < -0.3 is 4.84 Å². The normalized spacial score (nSPS) is 9.75. The van der Waals surface area contributed by atoms with Gasteiger partial charge in [0.1, 0.15) is 0 Å². The first-order valence-corrected chi connectivity index (χ1v) is 3.47. The molecule has 0 saturated carbocycles. The highest BCUT2D eigenvalue weighted by molar-refractivity contribution is 7.80. The van der Waals surface area contributed by atoms with E-state index in [-0.39, 0.29) is 0 Å². The van der Waals surface area contributed by atoms with Crippen LogP contribution in [0.15, 0.2) is 0 Å². The van der Waals surface area contributed by atoms with Gasteiger partial charge >= 0.3 is 0 Å². The molecule has 0 unspecified atom stereocenters. The minimum atomic E-state index is 0.674. The molecule has 0 aliphatic rings. The zero-order valence-electron chi connectivity index (χ0n) is 4.97. The first kappa shape index (κ1) is 8.27. The molecule has 0 radical (unpaired) electrons. The van der Waals surface area contributed by atoms with Gasteiger partial charge in [-0.05, 0) is 18.6 Å². The van der Waals surface area contributed by atoms with Crippen molar-refractivity contribution >= 4 is 12.6 Å². The number of rotatable bonds is 5. The molecule has 0 saturated heterocycles. The van der Waals surface area contributed by atoms with Gasteiger partial charge in [-0.3, -0.25) is 0 Å². The average Bonchev–Trinajstić information content (AvgIpc) is 1.81. The monoisotopic (exact) mass is 135 g/mol. The molecule has 0 aliphatic heterocycles. The van der Waals surface area contributed by atoms with Crippen LogP contribution >= 0.6 is 12.6 Å². The smallest absolute Gasteiger partial charge is 0.0679 e. The van der Waals surface area contributed by atoms with Gasteiger partial charge in [0, 0.05) is 0 Å². The molecule has 50 valence electrons. The van der Waals surface area contributed by atoms with Crippen molar-refractivity contribution in [2.45, 2.75) is 19.3 Å². The summed E-state index contributed by atoms with van der Waals surface area (Å²) >= 11 is 4.05. The van der Waals surface area contributed by atoms with Crippen LogP contribution in [0.3, 0.4) is 0 Å². The van der Waals surface area contributed by atoms with Crippen molar-refractivity contribution in [2.75, 3.05) is 12.4 Å². The molecule has 2 nitrogen and oxygen atoms in total. The van der Waals surface area contributed by atoms with Gasteiger partial charge in [0.05, 0.1) is 6.61 Å². The number of nitrogens with two attached hydrogens (primary N) is 1. The number of thiol groups is 1. The Bertz CT molecular complexity index is 37.4. The van der Waals surface area contributed by atoms with Crippen molar-refractivity contribution in [3.63, 3.8) is 0 Å². The van der Waals surface area contributed by atoms with Gasteiger partial charge in [-0.2, -0.15) is 12.6 Å². The van der Waals surface area contributed by atoms with Crippen LogP contribution in [0, 0.1) is 0 Å². The Morgan fingerprint density at radius 2 is 2.00 bits per heavy atom. The van der Waals surface area contributed by atoms with E-state index in [9.17, 15) is 0 Å². The standard InChI is InChI=1S/C5H13NOS/c6-7-4-2-1-3-5-8/h8H,1-6H2. The van der Waals surface area contributed by atoms with Crippen molar-refractivity contribution in [3.05, 3.63) is 0 Å². The summed E-state index contributed by atoms with van der Waals surface area (Å²) in [7, 11) is 0. The molecule has 0 rings (SSSR count). The fourth-order valence-corrected chi connectivity index (χ4v) is 0.698. The maximum Gasteiger partial charge on any atom is 0.0679 e. The molecule has 0 amide bonds. The van der Waals surface area contributed by atoms with E-state index in [0.29, 0.717) is 6.61 Å². The summed E-state index contributed by atoms with van der Waals surface area (Å²) in [5.41, 5.74) is 0. The summed E-state index contributed by atoms with van der Waals surface area (Å²) in [6.45, 7) is 0.674. The molecular formula is C5H13NOS. The lowest BCUT2D eigenvalue weighted by Crippen LogP contribution is -2.00. The van der Waals surface area contributed by atoms with E-state index in [4.69, 9.17) is 5.90 Å². The predicted molar refractivity (Wildman–Crippen MR) is 37.8 cm³/mol. The molecule has 0 aliphatic carbocycles. The van der Waals surface area contributed by atoms with Crippen LogP contribution in [0.2, 0.25) is 0 Å². The van der Waals surface area contributed by atoms with Gasteiger partial charge in [0.25, 0.3) is 0 Å². The summed E-state index contributed by atoms with van der Waals surface area (Å²) < 4.78 is 0. The highest BCUT2D eigenvalue weighted by Crippen LogP contribution is 1.95. The second-order valence-corrected chi connectivity index (χ2v) is 2.10. The molecule has 8 heavy (non-hydrogen) atoms. The molecule has 2 N–H and O–H groups in total. The highest BCUT2D eigenvalue weighted by Gasteiger charge is 1.84. The van der Waals surface area contributed by atoms with Crippen LogP contribution < -0.4 is 5.90 Å². The van der Waals surface area contributed by atoms with Crippen LogP contribution in [0.25, 0.3) is 0 Å². The molecule has 0 aromatic heterocycles. The molecule has 3 heteroatoms. The van der Waals surface area contributed by atoms with Gasteiger partial charge in [0.15, 0.2) is 0 Å². The molecule has 0 spiro atoms. The van der Waals surface area contributed by atoms with Crippen LogP contribution in [0.1, 0.15) is 19.3 Å². The Balaban J connectivity index is 2.53. The highest BCUT2D eigenvalue weighted by atomic mass is 32.1.